The average Bonchev–Trinajstić information content (AvgIpc) is 2.82. The average molecular weight is 549 g/mol. The summed E-state index contributed by atoms with van der Waals surface area (Å²) in [6, 6.07) is 10.0. The highest BCUT2D eigenvalue weighted by Gasteiger charge is 2.34. The van der Waals surface area contributed by atoms with Gasteiger partial charge in [-0.3, -0.25) is 14.6 Å². The Morgan fingerprint density at radius 3 is 2.43 bits per heavy atom. The van der Waals surface area contributed by atoms with Gasteiger partial charge in [-0.1, -0.05) is 35.9 Å². The van der Waals surface area contributed by atoms with E-state index in [0.717, 1.165) is 23.1 Å². The molecule has 0 radical (unpaired) electrons. The van der Waals surface area contributed by atoms with E-state index in [0.29, 0.717) is 23.7 Å². The van der Waals surface area contributed by atoms with Gasteiger partial charge in [0.2, 0.25) is 5.91 Å². The zero-order valence-electron chi connectivity index (χ0n) is 20.3. The highest BCUT2D eigenvalue weighted by molar-refractivity contribution is 7.70. The van der Waals surface area contributed by atoms with Crippen molar-refractivity contribution in [2.24, 2.45) is 5.92 Å². The number of nitrogens with zero attached hydrogens (tertiary/aromatic N) is 2. The quantitative estimate of drug-likeness (QED) is 0.339. The molecule has 1 fully saturated rings. The summed E-state index contributed by atoms with van der Waals surface area (Å²) in [7, 11) is -2.73. The molecule has 0 unspecified atom stereocenters. The van der Waals surface area contributed by atoms with Crippen molar-refractivity contribution in [3.63, 3.8) is 0 Å². The molecule has 10 heteroatoms. The van der Waals surface area contributed by atoms with Crippen molar-refractivity contribution in [2.75, 3.05) is 24.8 Å². The molecule has 1 aliphatic heterocycles. The number of benzene rings is 2. The van der Waals surface area contributed by atoms with Gasteiger partial charge < -0.3 is 9.46 Å². The van der Waals surface area contributed by atoms with Crippen molar-refractivity contribution in [1.82, 2.24) is 4.98 Å². The van der Waals surface area contributed by atoms with Crippen LogP contribution in [0.15, 0.2) is 48.7 Å². The Kier molecular flexibility index (Phi) is 7.91. The molecule has 0 aliphatic carbocycles. The molecule has 0 N–H and O–H groups in total. The van der Waals surface area contributed by atoms with E-state index in [4.69, 9.17) is 11.6 Å². The molecule has 1 aliphatic rings. The zero-order chi connectivity index (χ0) is 26.9. The first kappa shape index (κ1) is 27.1. The maximum Gasteiger partial charge on any atom is 0.230 e. The van der Waals surface area contributed by atoms with Crippen LogP contribution in [-0.2, 0) is 20.6 Å². The number of pyridine rings is 1. The van der Waals surface area contributed by atoms with Gasteiger partial charge in [-0.15, -0.1) is 0 Å². The van der Waals surface area contributed by atoms with Gasteiger partial charge in [0.05, 0.1) is 17.1 Å². The number of piperidine rings is 1. The number of ketones is 1. The van der Waals surface area contributed by atoms with Crippen molar-refractivity contribution in [3.05, 3.63) is 76.8 Å². The van der Waals surface area contributed by atoms with Crippen LogP contribution in [0.4, 0.5) is 18.9 Å². The molecule has 4 rings (SSSR count). The largest absolute Gasteiger partial charge is 0.319 e. The number of anilines is 1. The Balaban J connectivity index is 1.56. The van der Waals surface area contributed by atoms with E-state index in [1.807, 2.05) is 0 Å². The molecule has 5 nitrogen and oxygen atoms in total. The predicted molar refractivity (Wildman–Crippen MR) is 138 cm³/mol. The monoisotopic (exact) mass is 548 g/mol. The molecule has 0 bridgehead atoms. The second-order valence-corrected chi connectivity index (χ2v) is 13.1. The third-order valence-corrected chi connectivity index (χ3v) is 8.11. The number of hydrogen-bond acceptors (Lipinski definition) is 4. The van der Waals surface area contributed by atoms with Gasteiger partial charge in [0.1, 0.15) is 24.4 Å². The van der Waals surface area contributed by atoms with Gasteiger partial charge >= 0.3 is 0 Å². The van der Waals surface area contributed by atoms with E-state index < -0.39 is 47.9 Å². The van der Waals surface area contributed by atoms with E-state index in [9.17, 15) is 18.5 Å². The molecule has 1 saturated heterocycles. The Morgan fingerprint density at radius 1 is 1.11 bits per heavy atom. The van der Waals surface area contributed by atoms with Crippen molar-refractivity contribution in [3.8, 4) is 11.1 Å². The molecule has 1 aromatic heterocycles. The van der Waals surface area contributed by atoms with Crippen LogP contribution in [0.3, 0.4) is 0 Å². The molecule has 3 aromatic rings. The molecule has 1 amide bonds. The molecule has 37 heavy (non-hydrogen) atoms. The van der Waals surface area contributed by atoms with Crippen molar-refractivity contribution >= 4 is 41.4 Å². The zero-order valence-corrected chi connectivity index (χ0v) is 22.0. The van der Waals surface area contributed by atoms with E-state index in [1.165, 1.54) is 6.20 Å². The van der Waals surface area contributed by atoms with Crippen LogP contribution in [0.1, 0.15) is 25.0 Å². The molecular formula is C27H25ClF3N2O3P. The van der Waals surface area contributed by atoms with Crippen LogP contribution in [-0.4, -0.2) is 36.5 Å². The van der Waals surface area contributed by atoms with Crippen molar-refractivity contribution in [1.29, 1.82) is 0 Å². The summed E-state index contributed by atoms with van der Waals surface area (Å²) in [5.74, 6) is -4.35. The summed E-state index contributed by atoms with van der Waals surface area (Å²) >= 11 is 5.69. The molecule has 2 heterocycles. The Bertz CT molecular complexity index is 1400. The number of halogens is 4. The normalized spacial score (nSPS) is 16.2. The fraction of sp³-hybridized carbons (Fsp3) is 0.296. The lowest BCUT2D eigenvalue weighted by molar-refractivity contribution is -0.128. The van der Waals surface area contributed by atoms with Gasteiger partial charge in [0.15, 0.2) is 11.6 Å². The number of carbonyl (C=O) groups is 2. The van der Waals surface area contributed by atoms with E-state index in [2.05, 4.69) is 4.98 Å². The van der Waals surface area contributed by atoms with Gasteiger partial charge in [-0.05, 0) is 55.5 Å². The second kappa shape index (κ2) is 10.8. The van der Waals surface area contributed by atoms with Gasteiger partial charge in [-0.2, -0.15) is 0 Å². The Labute approximate surface area is 218 Å². The Morgan fingerprint density at radius 2 is 1.78 bits per heavy atom. The summed E-state index contributed by atoms with van der Waals surface area (Å²) in [4.78, 5) is 30.6. The fourth-order valence-electron chi connectivity index (χ4n) is 4.63. The third-order valence-electron chi connectivity index (χ3n) is 6.35. The van der Waals surface area contributed by atoms with E-state index in [1.54, 1.807) is 37.6 Å². The van der Waals surface area contributed by atoms with Crippen molar-refractivity contribution in [2.45, 2.75) is 25.7 Å². The highest BCUT2D eigenvalue weighted by Crippen LogP contribution is 2.40. The molecule has 1 atom stereocenters. The lowest BCUT2D eigenvalue weighted by Crippen LogP contribution is -2.43. The number of amides is 1. The summed E-state index contributed by atoms with van der Waals surface area (Å²) < 4.78 is 57.3. The van der Waals surface area contributed by atoms with Gasteiger partial charge in [0.25, 0.3) is 0 Å². The van der Waals surface area contributed by atoms with Gasteiger partial charge in [-0.25, -0.2) is 13.2 Å². The Hall–Kier alpha value is -2.96. The number of carbonyl (C=O) groups excluding carboxylic acids is 2. The number of hydrogen-bond donors (Lipinski definition) is 0. The standard InChI is InChI=1S/C27H25ClF3N2O3P/c1-37(2,36)25-8-4-3-7-20(25)17-11-22(30)26(23(31)12-17)33-9-5-6-16(27(33)35)10-19(34)14-24-21(29)13-18(28)15-32-24/h3-4,7-8,11-13,15-16H,5-6,9-10,14H2,1-2H3/t16-/m0/s1. The molecular weight excluding hydrogens is 524 g/mol. The van der Waals surface area contributed by atoms with Gasteiger partial charge in [0, 0.05) is 30.4 Å². The van der Waals surface area contributed by atoms with E-state index in [-0.39, 0.29) is 35.7 Å². The summed E-state index contributed by atoms with van der Waals surface area (Å²) in [6.07, 6.45) is 1.52. The second-order valence-electron chi connectivity index (χ2n) is 9.49. The number of Topliss-reactive ketones (excluding diaryl/α,β-unsaturated/α-hetero) is 1. The minimum Gasteiger partial charge on any atom is -0.319 e. The fourth-order valence-corrected chi connectivity index (χ4v) is 6.01. The first-order chi connectivity index (χ1) is 17.5. The SMILES string of the molecule is CP(C)(=O)c1ccccc1-c1cc(F)c(N2CCC[C@@H](CC(=O)Cc3ncc(Cl)cc3F)C2=O)c(F)c1. The first-order valence-electron chi connectivity index (χ1n) is 11.7. The summed E-state index contributed by atoms with van der Waals surface area (Å²) in [5, 5.41) is 0.601. The molecule has 0 spiro atoms. The minimum absolute atomic E-state index is 0.0776. The molecule has 194 valence electrons. The first-order valence-corrected chi connectivity index (χ1v) is 14.7. The van der Waals surface area contributed by atoms with Crippen molar-refractivity contribution < 1.29 is 27.3 Å². The van der Waals surface area contributed by atoms with Crippen LogP contribution in [0.5, 0.6) is 0 Å². The van der Waals surface area contributed by atoms with Crippen LogP contribution in [0.25, 0.3) is 11.1 Å². The maximum atomic E-state index is 15.3. The number of rotatable bonds is 7. The summed E-state index contributed by atoms with van der Waals surface area (Å²) in [5.41, 5.74) is 0.111. The predicted octanol–water partition coefficient (Wildman–Crippen LogP) is 6.01. The van der Waals surface area contributed by atoms with E-state index >= 15 is 8.78 Å². The maximum absolute atomic E-state index is 15.3. The minimum atomic E-state index is -2.73. The van der Waals surface area contributed by atoms with Crippen LogP contribution >= 0.6 is 18.7 Å². The topological polar surface area (TPSA) is 67.3 Å². The number of aromatic nitrogens is 1. The molecule has 2 aromatic carbocycles. The van der Waals surface area contributed by atoms with Crippen LogP contribution < -0.4 is 10.2 Å². The third kappa shape index (κ3) is 5.97. The van der Waals surface area contributed by atoms with Crippen LogP contribution in [0, 0.1) is 23.4 Å². The smallest absolute Gasteiger partial charge is 0.230 e. The molecule has 0 saturated carbocycles. The highest BCUT2D eigenvalue weighted by atomic mass is 35.5. The lowest BCUT2D eigenvalue weighted by atomic mass is 9.90. The van der Waals surface area contributed by atoms with Crippen LogP contribution in [0.2, 0.25) is 5.02 Å². The summed E-state index contributed by atoms with van der Waals surface area (Å²) in [6.45, 7) is 3.26. The lowest BCUT2D eigenvalue weighted by Gasteiger charge is -2.32.